The molecule has 0 spiro atoms. The standard InChI is InChI=1S/C10H20N2O6/c11-7-9(13)17-5-3-15-1-2-16-4-6-18-10(14)8-12/h1-8,11-12H2. The summed E-state index contributed by atoms with van der Waals surface area (Å²) in [4.78, 5) is 21.2. The highest BCUT2D eigenvalue weighted by Crippen LogP contribution is 1.83. The van der Waals surface area contributed by atoms with Crippen molar-refractivity contribution < 1.29 is 28.5 Å². The number of esters is 2. The van der Waals surface area contributed by atoms with Gasteiger partial charge in [-0.15, -0.1) is 0 Å². The van der Waals surface area contributed by atoms with Gasteiger partial charge in [0.1, 0.15) is 13.2 Å². The van der Waals surface area contributed by atoms with Crippen LogP contribution >= 0.6 is 0 Å². The molecule has 8 nitrogen and oxygen atoms in total. The van der Waals surface area contributed by atoms with Gasteiger partial charge in [-0.3, -0.25) is 9.59 Å². The van der Waals surface area contributed by atoms with Gasteiger partial charge in [-0.1, -0.05) is 0 Å². The molecule has 18 heavy (non-hydrogen) atoms. The molecule has 0 saturated heterocycles. The van der Waals surface area contributed by atoms with Gasteiger partial charge in [0.05, 0.1) is 39.5 Å². The summed E-state index contributed by atoms with van der Waals surface area (Å²) in [6.45, 7) is 1.38. The summed E-state index contributed by atoms with van der Waals surface area (Å²) in [5, 5.41) is 0. The van der Waals surface area contributed by atoms with Gasteiger partial charge in [0.2, 0.25) is 0 Å². The third-order valence-corrected chi connectivity index (χ3v) is 1.69. The van der Waals surface area contributed by atoms with Gasteiger partial charge in [-0.05, 0) is 0 Å². The van der Waals surface area contributed by atoms with Gasteiger partial charge >= 0.3 is 11.9 Å². The molecule has 0 aromatic rings. The van der Waals surface area contributed by atoms with Crippen LogP contribution in [0, 0.1) is 0 Å². The van der Waals surface area contributed by atoms with E-state index in [4.69, 9.17) is 20.9 Å². The zero-order valence-electron chi connectivity index (χ0n) is 10.3. The lowest BCUT2D eigenvalue weighted by Crippen LogP contribution is -2.20. The Labute approximate surface area is 105 Å². The maximum Gasteiger partial charge on any atom is 0.319 e. The van der Waals surface area contributed by atoms with E-state index >= 15 is 0 Å². The Bertz CT molecular complexity index is 212. The topological polar surface area (TPSA) is 123 Å². The summed E-state index contributed by atoms with van der Waals surface area (Å²) in [6.07, 6.45) is 0. The molecular weight excluding hydrogens is 244 g/mol. The van der Waals surface area contributed by atoms with Crippen LogP contribution in [0.4, 0.5) is 0 Å². The Morgan fingerprint density at radius 3 is 1.33 bits per heavy atom. The second-order valence-electron chi connectivity index (χ2n) is 3.07. The normalized spacial score (nSPS) is 10.1. The summed E-state index contributed by atoms with van der Waals surface area (Å²) in [5.74, 6) is -0.923. The van der Waals surface area contributed by atoms with Gasteiger partial charge in [0.25, 0.3) is 0 Å². The number of carbonyl (C=O) groups excluding carboxylic acids is 2. The van der Waals surface area contributed by atoms with Crippen LogP contribution in [-0.4, -0.2) is 64.7 Å². The second-order valence-corrected chi connectivity index (χ2v) is 3.07. The molecule has 0 aromatic heterocycles. The summed E-state index contributed by atoms with van der Waals surface area (Å²) in [6, 6.07) is 0. The highest BCUT2D eigenvalue weighted by atomic mass is 16.6. The van der Waals surface area contributed by atoms with Crippen LogP contribution < -0.4 is 11.5 Å². The first-order valence-corrected chi connectivity index (χ1v) is 5.57. The van der Waals surface area contributed by atoms with Crippen molar-refractivity contribution in [3.05, 3.63) is 0 Å². The van der Waals surface area contributed by atoms with Crippen molar-refractivity contribution in [1.29, 1.82) is 0 Å². The monoisotopic (exact) mass is 264 g/mol. The first kappa shape index (κ1) is 16.8. The summed E-state index contributed by atoms with van der Waals surface area (Å²) in [7, 11) is 0. The van der Waals surface area contributed by atoms with E-state index in [1.54, 1.807) is 0 Å². The van der Waals surface area contributed by atoms with Crippen molar-refractivity contribution in [3.8, 4) is 0 Å². The molecule has 0 bridgehead atoms. The fourth-order valence-corrected chi connectivity index (χ4v) is 0.869. The first-order valence-electron chi connectivity index (χ1n) is 5.57. The zero-order valence-corrected chi connectivity index (χ0v) is 10.3. The Kier molecular flexibility index (Phi) is 11.4. The van der Waals surface area contributed by atoms with Gasteiger partial charge in [0.15, 0.2) is 0 Å². The van der Waals surface area contributed by atoms with Crippen LogP contribution in [0.15, 0.2) is 0 Å². The van der Waals surface area contributed by atoms with Crippen LogP contribution in [0.25, 0.3) is 0 Å². The van der Waals surface area contributed by atoms with Crippen LogP contribution in [0.5, 0.6) is 0 Å². The van der Waals surface area contributed by atoms with Crippen molar-refractivity contribution in [2.24, 2.45) is 11.5 Å². The molecule has 8 heteroatoms. The second kappa shape index (κ2) is 12.2. The Morgan fingerprint density at radius 1 is 0.667 bits per heavy atom. The van der Waals surface area contributed by atoms with E-state index in [1.807, 2.05) is 0 Å². The molecule has 0 aliphatic heterocycles. The summed E-state index contributed by atoms with van der Waals surface area (Å²) >= 11 is 0. The molecule has 0 saturated carbocycles. The fourth-order valence-electron chi connectivity index (χ4n) is 0.869. The van der Waals surface area contributed by atoms with Crippen molar-refractivity contribution in [2.75, 3.05) is 52.7 Å². The maximum atomic E-state index is 10.6. The van der Waals surface area contributed by atoms with Gasteiger partial charge in [-0.2, -0.15) is 0 Å². The van der Waals surface area contributed by atoms with E-state index in [2.05, 4.69) is 9.47 Å². The van der Waals surface area contributed by atoms with E-state index < -0.39 is 11.9 Å². The third kappa shape index (κ3) is 11.3. The Balaban J connectivity index is 3.07. The number of carbonyl (C=O) groups is 2. The van der Waals surface area contributed by atoms with Crippen molar-refractivity contribution in [3.63, 3.8) is 0 Å². The largest absolute Gasteiger partial charge is 0.462 e. The maximum absolute atomic E-state index is 10.6. The smallest absolute Gasteiger partial charge is 0.319 e. The molecular formula is C10H20N2O6. The number of hydrogen-bond donors (Lipinski definition) is 2. The molecule has 0 rings (SSSR count). The molecule has 0 radical (unpaired) electrons. The lowest BCUT2D eigenvalue weighted by Gasteiger charge is -2.06. The SMILES string of the molecule is NCC(=O)OCCOCCOCCOC(=O)CN. The average Bonchev–Trinajstić information content (AvgIpc) is 2.40. The minimum atomic E-state index is -0.462. The van der Waals surface area contributed by atoms with Crippen LogP contribution in [0.2, 0.25) is 0 Å². The lowest BCUT2D eigenvalue weighted by atomic mass is 10.6. The highest BCUT2D eigenvalue weighted by molar-refractivity contribution is 5.71. The fraction of sp³-hybridized carbons (Fsp3) is 0.800. The van der Waals surface area contributed by atoms with Crippen LogP contribution in [-0.2, 0) is 28.5 Å². The van der Waals surface area contributed by atoms with Gasteiger partial charge < -0.3 is 30.4 Å². The number of nitrogens with two attached hydrogens (primary N) is 2. The molecule has 0 aliphatic carbocycles. The molecule has 106 valence electrons. The Morgan fingerprint density at radius 2 is 1.00 bits per heavy atom. The zero-order chi connectivity index (χ0) is 13.6. The average molecular weight is 264 g/mol. The third-order valence-electron chi connectivity index (χ3n) is 1.69. The number of ether oxygens (including phenoxy) is 4. The molecule has 0 unspecified atom stereocenters. The van der Waals surface area contributed by atoms with E-state index in [0.717, 1.165) is 0 Å². The van der Waals surface area contributed by atoms with Gasteiger partial charge in [0, 0.05) is 0 Å². The van der Waals surface area contributed by atoms with E-state index in [1.165, 1.54) is 0 Å². The molecule has 0 aromatic carbocycles. The molecule has 0 atom stereocenters. The van der Waals surface area contributed by atoms with Crippen molar-refractivity contribution in [1.82, 2.24) is 0 Å². The van der Waals surface area contributed by atoms with E-state index in [-0.39, 0.29) is 39.5 Å². The van der Waals surface area contributed by atoms with Crippen LogP contribution in [0.3, 0.4) is 0 Å². The number of hydrogen-bond acceptors (Lipinski definition) is 8. The summed E-state index contributed by atoms with van der Waals surface area (Å²) < 4.78 is 19.6. The minimum Gasteiger partial charge on any atom is -0.462 e. The van der Waals surface area contributed by atoms with Crippen molar-refractivity contribution >= 4 is 11.9 Å². The van der Waals surface area contributed by atoms with E-state index in [9.17, 15) is 9.59 Å². The first-order chi connectivity index (χ1) is 8.70. The lowest BCUT2D eigenvalue weighted by molar-refractivity contribution is -0.145. The van der Waals surface area contributed by atoms with Crippen LogP contribution in [0.1, 0.15) is 0 Å². The molecule has 0 amide bonds. The minimum absolute atomic E-state index is 0.134. The molecule has 0 heterocycles. The quantitative estimate of drug-likeness (QED) is 0.325. The molecule has 4 N–H and O–H groups in total. The van der Waals surface area contributed by atoms with Gasteiger partial charge in [-0.25, -0.2) is 0 Å². The van der Waals surface area contributed by atoms with E-state index in [0.29, 0.717) is 13.2 Å². The highest BCUT2D eigenvalue weighted by Gasteiger charge is 1.98. The number of rotatable bonds is 11. The predicted octanol–water partition coefficient (Wildman–Crippen LogP) is -1.98. The molecule has 0 aliphatic rings. The predicted molar refractivity (Wildman–Crippen MR) is 61.7 cm³/mol. The van der Waals surface area contributed by atoms with Crippen molar-refractivity contribution in [2.45, 2.75) is 0 Å². The Hall–Kier alpha value is -1.22. The molecule has 0 fully saturated rings. The summed E-state index contributed by atoms with van der Waals surface area (Å²) in [5.41, 5.74) is 10.1.